The summed E-state index contributed by atoms with van der Waals surface area (Å²) in [4.78, 5) is 10.9. The molecule has 2 atom stereocenters. The van der Waals surface area contributed by atoms with Gasteiger partial charge in [0.15, 0.2) is 5.69 Å². The normalized spacial score (nSPS) is 23.3. The van der Waals surface area contributed by atoms with Gasteiger partial charge in [0.25, 0.3) is 0 Å². The summed E-state index contributed by atoms with van der Waals surface area (Å²) in [6.07, 6.45) is 10.7. The van der Waals surface area contributed by atoms with E-state index in [-0.39, 0.29) is 0 Å². The van der Waals surface area contributed by atoms with Gasteiger partial charge in [0.2, 0.25) is 0 Å². The molecule has 0 aromatic carbocycles. The molecule has 6 nitrogen and oxygen atoms in total. The molecule has 2 aromatic rings. The SMILES string of the molecule is Cn1nccc1C1=CC2CCC(C1)N2c1cncc(C#N)n1. The summed E-state index contributed by atoms with van der Waals surface area (Å²) in [6, 6.07) is 4.88. The Balaban J connectivity index is 1.69. The first-order valence-electron chi connectivity index (χ1n) is 7.46. The fraction of sp³-hybridized carbons (Fsp3) is 0.375. The highest BCUT2D eigenvalue weighted by Gasteiger charge is 2.38. The second-order valence-corrected chi connectivity index (χ2v) is 5.82. The Morgan fingerprint density at radius 2 is 2.23 bits per heavy atom. The Bertz CT molecular complexity index is 784. The van der Waals surface area contributed by atoms with Gasteiger partial charge in [0.05, 0.1) is 18.1 Å². The summed E-state index contributed by atoms with van der Waals surface area (Å²) >= 11 is 0. The van der Waals surface area contributed by atoms with E-state index in [1.165, 1.54) is 17.5 Å². The molecular weight excluding hydrogens is 276 g/mol. The minimum Gasteiger partial charge on any atom is -0.346 e. The zero-order valence-corrected chi connectivity index (χ0v) is 12.3. The molecular formula is C16H16N6. The molecule has 0 amide bonds. The molecule has 0 spiro atoms. The van der Waals surface area contributed by atoms with Crippen LogP contribution in [-0.4, -0.2) is 31.8 Å². The van der Waals surface area contributed by atoms with Crippen LogP contribution in [0.1, 0.15) is 30.7 Å². The highest BCUT2D eigenvalue weighted by molar-refractivity contribution is 5.68. The highest BCUT2D eigenvalue weighted by atomic mass is 15.3. The molecule has 1 saturated heterocycles. The van der Waals surface area contributed by atoms with Gasteiger partial charge in [-0.1, -0.05) is 6.08 Å². The second-order valence-electron chi connectivity index (χ2n) is 5.82. The van der Waals surface area contributed by atoms with Crippen molar-refractivity contribution < 1.29 is 0 Å². The molecule has 2 aromatic heterocycles. The van der Waals surface area contributed by atoms with Crippen LogP contribution in [0.3, 0.4) is 0 Å². The van der Waals surface area contributed by atoms with Crippen molar-refractivity contribution in [3.63, 3.8) is 0 Å². The van der Waals surface area contributed by atoms with Crippen LogP contribution in [0.5, 0.6) is 0 Å². The third-order valence-corrected chi connectivity index (χ3v) is 4.55. The van der Waals surface area contributed by atoms with Crippen LogP contribution >= 0.6 is 0 Å². The van der Waals surface area contributed by atoms with Crippen LogP contribution in [0.25, 0.3) is 5.57 Å². The molecule has 4 rings (SSSR count). The zero-order valence-electron chi connectivity index (χ0n) is 12.3. The summed E-state index contributed by atoms with van der Waals surface area (Å²) in [6.45, 7) is 0. The molecule has 4 heterocycles. The van der Waals surface area contributed by atoms with Gasteiger partial charge in [-0.15, -0.1) is 0 Å². The lowest BCUT2D eigenvalue weighted by atomic mass is 9.98. The van der Waals surface area contributed by atoms with Gasteiger partial charge in [0.1, 0.15) is 11.9 Å². The average molecular weight is 292 g/mol. The number of nitrogens with zero attached hydrogens (tertiary/aromatic N) is 6. The van der Waals surface area contributed by atoms with Crippen molar-refractivity contribution >= 4 is 11.4 Å². The first kappa shape index (κ1) is 13.0. The van der Waals surface area contributed by atoms with Crippen LogP contribution in [-0.2, 0) is 7.05 Å². The number of aromatic nitrogens is 4. The number of hydrogen-bond acceptors (Lipinski definition) is 5. The molecule has 2 unspecified atom stereocenters. The number of fused-ring (bicyclic) bond motifs is 2. The van der Waals surface area contributed by atoms with Crippen molar-refractivity contribution in [3.8, 4) is 6.07 Å². The third-order valence-electron chi connectivity index (χ3n) is 4.55. The van der Waals surface area contributed by atoms with Gasteiger partial charge < -0.3 is 4.90 Å². The van der Waals surface area contributed by atoms with E-state index in [1.54, 1.807) is 6.20 Å². The predicted octanol–water partition coefficient (Wildman–Crippen LogP) is 1.91. The van der Waals surface area contributed by atoms with E-state index in [2.05, 4.69) is 38.2 Å². The maximum Gasteiger partial charge on any atom is 0.161 e. The molecule has 2 aliphatic heterocycles. The van der Waals surface area contributed by atoms with Crippen molar-refractivity contribution in [2.45, 2.75) is 31.3 Å². The molecule has 6 heteroatoms. The molecule has 0 saturated carbocycles. The summed E-state index contributed by atoms with van der Waals surface area (Å²) in [5, 5.41) is 13.3. The number of rotatable bonds is 2. The largest absolute Gasteiger partial charge is 0.346 e. The van der Waals surface area contributed by atoms with Gasteiger partial charge in [-0.2, -0.15) is 10.4 Å². The molecule has 0 aliphatic carbocycles. The van der Waals surface area contributed by atoms with Crippen molar-refractivity contribution in [1.29, 1.82) is 5.26 Å². The third kappa shape index (κ3) is 1.98. The molecule has 2 bridgehead atoms. The molecule has 2 aliphatic rings. The zero-order chi connectivity index (χ0) is 15.1. The van der Waals surface area contributed by atoms with Gasteiger partial charge >= 0.3 is 0 Å². The van der Waals surface area contributed by atoms with E-state index in [1.807, 2.05) is 17.9 Å². The second kappa shape index (κ2) is 4.95. The quantitative estimate of drug-likeness (QED) is 0.845. The van der Waals surface area contributed by atoms with Crippen molar-refractivity contribution in [2.24, 2.45) is 7.05 Å². The summed E-state index contributed by atoms with van der Waals surface area (Å²) in [7, 11) is 1.98. The topological polar surface area (TPSA) is 70.6 Å². The van der Waals surface area contributed by atoms with Gasteiger partial charge in [-0.25, -0.2) is 4.98 Å². The molecule has 0 radical (unpaired) electrons. The maximum absolute atomic E-state index is 9.01. The Kier molecular flexibility index (Phi) is 2.93. The van der Waals surface area contributed by atoms with Crippen LogP contribution in [0.4, 0.5) is 5.82 Å². The highest BCUT2D eigenvalue weighted by Crippen LogP contribution is 2.40. The summed E-state index contributed by atoms with van der Waals surface area (Å²) < 4.78 is 1.93. The minimum absolute atomic E-state index is 0.326. The van der Waals surface area contributed by atoms with Crippen LogP contribution < -0.4 is 4.90 Å². The van der Waals surface area contributed by atoms with E-state index < -0.39 is 0 Å². The maximum atomic E-state index is 9.01. The molecule has 22 heavy (non-hydrogen) atoms. The monoisotopic (exact) mass is 292 g/mol. The lowest BCUT2D eigenvalue weighted by molar-refractivity contribution is 0.641. The first-order valence-corrected chi connectivity index (χ1v) is 7.46. The number of aryl methyl sites for hydroxylation is 1. The Morgan fingerprint density at radius 1 is 1.32 bits per heavy atom. The molecule has 1 fully saturated rings. The fourth-order valence-corrected chi connectivity index (χ4v) is 3.60. The predicted molar refractivity (Wildman–Crippen MR) is 81.8 cm³/mol. The molecule has 0 N–H and O–H groups in total. The van der Waals surface area contributed by atoms with E-state index in [9.17, 15) is 0 Å². The summed E-state index contributed by atoms with van der Waals surface area (Å²) in [5.41, 5.74) is 2.92. The van der Waals surface area contributed by atoms with Crippen molar-refractivity contribution in [1.82, 2.24) is 19.7 Å². The fourth-order valence-electron chi connectivity index (χ4n) is 3.60. The average Bonchev–Trinajstić information content (AvgIpc) is 3.08. The number of hydrogen-bond donors (Lipinski definition) is 0. The Labute approximate surface area is 128 Å². The minimum atomic E-state index is 0.326. The molecule has 110 valence electrons. The van der Waals surface area contributed by atoms with Crippen LogP contribution in [0.2, 0.25) is 0 Å². The Morgan fingerprint density at radius 3 is 2.95 bits per heavy atom. The number of nitriles is 1. The lowest BCUT2D eigenvalue weighted by Gasteiger charge is -2.34. The van der Waals surface area contributed by atoms with E-state index >= 15 is 0 Å². The smallest absolute Gasteiger partial charge is 0.161 e. The van der Waals surface area contributed by atoms with Gasteiger partial charge in [-0.3, -0.25) is 9.67 Å². The lowest BCUT2D eigenvalue weighted by Crippen LogP contribution is -2.39. The Hall–Kier alpha value is -2.68. The van der Waals surface area contributed by atoms with Crippen molar-refractivity contribution in [3.05, 3.63) is 42.1 Å². The standard InChI is InChI=1S/C16H16N6/c1-21-15(4-5-19-21)11-6-13-2-3-14(7-11)22(13)16-10-18-9-12(8-17)20-16/h4-6,9-10,13-14H,2-3,7H2,1H3. The van der Waals surface area contributed by atoms with Gasteiger partial charge in [-0.05, 0) is 30.9 Å². The van der Waals surface area contributed by atoms with Crippen LogP contribution in [0, 0.1) is 11.3 Å². The van der Waals surface area contributed by atoms with E-state index in [4.69, 9.17) is 5.26 Å². The first-order chi connectivity index (χ1) is 10.8. The summed E-state index contributed by atoms with van der Waals surface area (Å²) in [5.74, 6) is 0.812. The van der Waals surface area contributed by atoms with E-state index in [0.29, 0.717) is 17.8 Å². The van der Waals surface area contributed by atoms with Gasteiger partial charge in [0, 0.05) is 25.3 Å². The van der Waals surface area contributed by atoms with Crippen molar-refractivity contribution in [2.75, 3.05) is 4.90 Å². The van der Waals surface area contributed by atoms with Crippen LogP contribution in [0.15, 0.2) is 30.7 Å². The number of anilines is 1. The van der Waals surface area contributed by atoms with E-state index in [0.717, 1.165) is 25.1 Å².